The van der Waals surface area contributed by atoms with Crippen molar-refractivity contribution in [3.63, 3.8) is 0 Å². The lowest BCUT2D eigenvalue weighted by atomic mass is 10.2. The van der Waals surface area contributed by atoms with Gasteiger partial charge >= 0.3 is 5.68 Å². The average Bonchev–Trinajstić information content (AvgIpc) is 2.35. The van der Waals surface area contributed by atoms with Gasteiger partial charge in [-0.1, -0.05) is 6.92 Å². The molecule has 0 saturated heterocycles. The van der Waals surface area contributed by atoms with Crippen LogP contribution in [0.5, 0.6) is 0 Å². The van der Waals surface area contributed by atoms with Crippen molar-refractivity contribution in [2.75, 3.05) is 7.11 Å². The summed E-state index contributed by atoms with van der Waals surface area (Å²) in [5, 5.41) is 4.31. The van der Waals surface area contributed by atoms with Gasteiger partial charge < -0.3 is 9.25 Å². The molecule has 0 fully saturated rings. The summed E-state index contributed by atoms with van der Waals surface area (Å²) < 4.78 is 8.07. The highest BCUT2D eigenvalue weighted by Gasteiger charge is 2.08. The lowest BCUT2D eigenvalue weighted by Gasteiger charge is -2.05. The zero-order chi connectivity index (χ0) is 13.1. The third-order valence-electron chi connectivity index (χ3n) is 2.47. The predicted molar refractivity (Wildman–Crippen MR) is 76.1 cm³/mol. The summed E-state index contributed by atoms with van der Waals surface area (Å²) in [7, 11) is 1.43. The zero-order valence-electron chi connectivity index (χ0n) is 10.1. The highest BCUT2D eigenvalue weighted by molar-refractivity contribution is 14.1. The summed E-state index contributed by atoms with van der Waals surface area (Å²) in [6.07, 6.45) is 0.817. The quantitative estimate of drug-likeness (QED) is 0.622. The highest BCUT2D eigenvalue weighted by Crippen LogP contribution is 2.12. The Labute approximate surface area is 117 Å². The fourth-order valence-corrected chi connectivity index (χ4v) is 2.20. The molecule has 0 aliphatic rings. The van der Waals surface area contributed by atoms with Crippen LogP contribution in [0.3, 0.4) is 0 Å². The van der Waals surface area contributed by atoms with E-state index in [1.807, 2.05) is 19.1 Å². The second-order valence-electron chi connectivity index (χ2n) is 3.76. The number of hydrogen-bond donors (Lipinski definition) is 0. The van der Waals surface area contributed by atoms with E-state index in [2.05, 4.69) is 27.7 Å². The Morgan fingerprint density at radius 2 is 2.28 bits per heavy atom. The van der Waals surface area contributed by atoms with E-state index >= 15 is 0 Å². The third-order valence-corrected chi connectivity index (χ3v) is 3.14. The molecule has 0 aliphatic carbocycles. The van der Waals surface area contributed by atoms with Crippen molar-refractivity contribution >= 4 is 33.6 Å². The van der Waals surface area contributed by atoms with Gasteiger partial charge in [-0.05, 0) is 52.4 Å². The Balaban J connectivity index is 2.86. The molecule has 6 heteroatoms. The largest absolute Gasteiger partial charge is 0.423 e. The Morgan fingerprint density at radius 3 is 2.94 bits per heavy atom. The van der Waals surface area contributed by atoms with Gasteiger partial charge in [-0.3, -0.25) is 9.36 Å². The number of fused-ring (bicyclic) bond motifs is 1. The molecule has 1 aromatic heterocycles. The molecule has 0 saturated carbocycles. The normalized spacial score (nSPS) is 12.1. The van der Waals surface area contributed by atoms with Gasteiger partial charge in [-0.15, -0.1) is 0 Å². The molecule has 0 spiro atoms. The van der Waals surface area contributed by atoms with Gasteiger partial charge in [0.25, 0.3) is 5.56 Å². The molecule has 18 heavy (non-hydrogen) atoms. The van der Waals surface area contributed by atoms with E-state index in [4.69, 9.17) is 9.25 Å². The Hall–Kier alpha value is -1.31. The second-order valence-corrected chi connectivity index (χ2v) is 5.00. The van der Waals surface area contributed by atoms with Gasteiger partial charge in [0.05, 0.1) is 5.39 Å². The molecule has 5 nitrogen and oxygen atoms in total. The van der Waals surface area contributed by atoms with Crippen LogP contribution in [0.1, 0.15) is 13.3 Å². The van der Waals surface area contributed by atoms with Gasteiger partial charge in [-0.2, -0.15) is 0 Å². The summed E-state index contributed by atoms with van der Waals surface area (Å²) in [5.41, 5.74) is 0.606. The number of nitrogens with zero attached hydrogens (tertiary/aromatic N) is 2. The van der Waals surface area contributed by atoms with Crippen LogP contribution in [0.25, 0.3) is 11.0 Å². The zero-order valence-corrected chi connectivity index (χ0v) is 12.3. The molecule has 2 rings (SSSR count). The summed E-state index contributed by atoms with van der Waals surface area (Å²) in [6, 6.07) is 5.46. The van der Waals surface area contributed by atoms with Crippen molar-refractivity contribution < 1.29 is 9.25 Å². The van der Waals surface area contributed by atoms with Gasteiger partial charge in [0.15, 0.2) is 0 Å². The number of aromatic nitrogens is 1. The molecule has 0 N–H and O–H groups in total. The molecule has 0 radical (unpaired) electrons. The van der Waals surface area contributed by atoms with Crippen molar-refractivity contribution in [1.29, 1.82) is 0 Å². The average molecular weight is 360 g/mol. The molecule has 1 aromatic carbocycles. The molecule has 0 atom stereocenters. The van der Waals surface area contributed by atoms with E-state index in [1.165, 1.54) is 11.7 Å². The van der Waals surface area contributed by atoms with Crippen LogP contribution in [0.2, 0.25) is 0 Å². The molecule has 1 heterocycles. The second kappa shape index (κ2) is 5.55. The SMILES string of the molecule is CCCn1c(=NOC)oc2ccc(I)cc2c1=O. The number of rotatable bonds is 3. The van der Waals surface area contributed by atoms with E-state index in [-0.39, 0.29) is 11.2 Å². The van der Waals surface area contributed by atoms with Gasteiger partial charge in [0.2, 0.25) is 0 Å². The van der Waals surface area contributed by atoms with Crippen molar-refractivity contribution in [3.05, 3.63) is 37.8 Å². The lowest BCUT2D eigenvalue weighted by molar-refractivity contribution is 0.175. The first-order valence-electron chi connectivity index (χ1n) is 5.57. The summed E-state index contributed by atoms with van der Waals surface area (Å²) >= 11 is 2.17. The number of benzene rings is 1. The Morgan fingerprint density at radius 1 is 1.50 bits per heavy atom. The maximum atomic E-state index is 12.4. The third kappa shape index (κ3) is 2.43. The number of hydrogen-bond acceptors (Lipinski definition) is 4. The van der Waals surface area contributed by atoms with Gasteiger partial charge in [-0.25, -0.2) is 0 Å². The van der Waals surface area contributed by atoms with E-state index in [0.717, 1.165) is 9.99 Å². The molecule has 0 amide bonds. The van der Waals surface area contributed by atoms with Crippen molar-refractivity contribution in [1.82, 2.24) is 4.57 Å². The first-order valence-corrected chi connectivity index (χ1v) is 6.65. The molecule has 0 bridgehead atoms. The minimum atomic E-state index is -0.104. The van der Waals surface area contributed by atoms with E-state index < -0.39 is 0 Å². The topological polar surface area (TPSA) is 56.7 Å². The van der Waals surface area contributed by atoms with Crippen molar-refractivity contribution in [2.24, 2.45) is 5.16 Å². The molecular formula is C12H13IN2O3. The highest BCUT2D eigenvalue weighted by atomic mass is 127. The van der Waals surface area contributed by atoms with Crippen LogP contribution in [-0.4, -0.2) is 11.7 Å². The lowest BCUT2D eigenvalue weighted by Crippen LogP contribution is -2.33. The van der Waals surface area contributed by atoms with Gasteiger partial charge in [0.1, 0.15) is 12.7 Å². The minimum Gasteiger partial charge on any atom is -0.423 e. The minimum absolute atomic E-state index is 0.104. The first kappa shape index (κ1) is 13.1. The van der Waals surface area contributed by atoms with E-state index in [1.54, 1.807) is 6.07 Å². The summed E-state index contributed by atoms with van der Waals surface area (Å²) in [5.74, 6) is 0. The summed E-state index contributed by atoms with van der Waals surface area (Å²) in [6.45, 7) is 2.54. The molecule has 2 aromatic rings. The van der Waals surface area contributed by atoms with Crippen LogP contribution < -0.4 is 11.2 Å². The standard InChI is InChI=1S/C12H13IN2O3/c1-3-6-15-11(16)9-7-8(13)4-5-10(9)18-12(15)14-17-2/h4-5,7H,3,6H2,1-2H3. The van der Waals surface area contributed by atoms with Gasteiger partial charge in [0, 0.05) is 10.1 Å². The fourth-order valence-electron chi connectivity index (χ4n) is 1.71. The molecule has 0 aliphatic heterocycles. The maximum absolute atomic E-state index is 12.4. The molecule has 0 unspecified atom stereocenters. The first-order chi connectivity index (χ1) is 8.67. The van der Waals surface area contributed by atoms with Crippen LogP contribution in [-0.2, 0) is 11.4 Å². The Bertz CT molecular complexity index is 688. The maximum Gasteiger partial charge on any atom is 0.339 e. The summed E-state index contributed by atoms with van der Waals surface area (Å²) in [4.78, 5) is 17.1. The van der Waals surface area contributed by atoms with Crippen molar-refractivity contribution in [2.45, 2.75) is 19.9 Å². The Kier molecular flexibility index (Phi) is 4.05. The van der Waals surface area contributed by atoms with E-state index in [0.29, 0.717) is 17.5 Å². The number of halogens is 1. The smallest absolute Gasteiger partial charge is 0.339 e. The van der Waals surface area contributed by atoms with Crippen molar-refractivity contribution in [3.8, 4) is 0 Å². The van der Waals surface area contributed by atoms with Crippen LogP contribution in [0.4, 0.5) is 0 Å². The molecule has 96 valence electrons. The van der Waals surface area contributed by atoms with E-state index in [9.17, 15) is 4.79 Å². The molecular weight excluding hydrogens is 347 g/mol. The van der Waals surface area contributed by atoms with Crippen LogP contribution >= 0.6 is 22.6 Å². The van der Waals surface area contributed by atoms with Crippen LogP contribution in [0, 0.1) is 3.57 Å². The predicted octanol–water partition coefficient (Wildman–Crippen LogP) is 2.07. The fraction of sp³-hybridized carbons (Fsp3) is 0.333. The monoisotopic (exact) mass is 360 g/mol. The van der Waals surface area contributed by atoms with Crippen LogP contribution in [0.15, 0.2) is 32.6 Å².